The summed E-state index contributed by atoms with van der Waals surface area (Å²) in [7, 11) is 0. The SMILES string of the molecule is O=C(CCO)C1CCC(NCc2ccccn2)CC1. The third-order valence-corrected chi connectivity index (χ3v) is 3.84. The maximum atomic E-state index is 11.7. The molecule has 2 rings (SSSR count). The normalized spacial score (nSPS) is 23.2. The molecule has 0 spiro atoms. The van der Waals surface area contributed by atoms with Gasteiger partial charge in [0.1, 0.15) is 5.78 Å². The number of Topliss-reactive ketones (excluding diaryl/α,β-unsaturated/α-hetero) is 1. The lowest BCUT2D eigenvalue weighted by Crippen LogP contribution is -2.34. The third-order valence-electron chi connectivity index (χ3n) is 3.84. The van der Waals surface area contributed by atoms with Crippen molar-refractivity contribution in [3.05, 3.63) is 30.1 Å². The van der Waals surface area contributed by atoms with Crippen molar-refractivity contribution in [1.29, 1.82) is 0 Å². The van der Waals surface area contributed by atoms with Gasteiger partial charge in [0.15, 0.2) is 0 Å². The Kier molecular flexibility index (Phi) is 5.48. The van der Waals surface area contributed by atoms with Gasteiger partial charge in [-0.25, -0.2) is 0 Å². The molecule has 1 aromatic heterocycles. The average molecular weight is 262 g/mol. The molecule has 0 bridgehead atoms. The number of carbonyl (C=O) groups is 1. The second kappa shape index (κ2) is 7.36. The van der Waals surface area contributed by atoms with E-state index in [0.29, 0.717) is 12.5 Å². The highest BCUT2D eigenvalue weighted by molar-refractivity contribution is 5.81. The van der Waals surface area contributed by atoms with Crippen molar-refractivity contribution >= 4 is 5.78 Å². The van der Waals surface area contributed by atoms with E-state index in [9.17, 15) is 4.79 Å². The molecule has 0 atom stereocenters. The Morgan fingerprint density at radius 1 is 1.32 bits per heavy atom. The summed E-state index contributed by atoms with van der Waals surface area (Å²) in [5.74, 6) is 0.394. The summed E-state index contributed by atoms with van der Waals surface area (Å²) in [6.45, 7) is 0.775. The number of rotatable bonds is 6. The molecule has 1 saturated carbocycles. The minimum absolute atomic E-state index is 0.0172. The van der Waals surface area contributed by atoms with E-state index in [-0.39, 0.29) is 18.3 Å². The molecule has 0 radical (unpaired) electrons. The lowest BCUT2D eigenvalue weighted by molar-refractivity contribution is -0.124. The smallest absolute Gasteiger partial charge is 0.138 e. The van der Waals surface area contributed by atoms with Crippen LogP contribution in [0, 0.1) is 5.92 Å². The number of aromatic nitrogens is 1. The van der Waals surface area contributed by atoms with Crippen molar-refractivity contribution in [2.75, 3.05) is 6.61 Å². The van der Waals surface area contributed by atoms with E-state index in [0.717, 1.165) is 37.9 Å². The Labute approximate surface area is 114 Å². The van der Waals surface area contributed by atoms with E-state index in [2.05, 4.69) is 10.3 Å². The summed E-state index contributed by atoms with van der Waals surface area (Å²) < 4.78 is 0. The van der Waals surface area contributed by atoms with E-state index in [1.54, 1.807) is 0 Å². The number of pyridine rings is 1. The summed E-state index contributed by atoms with van der Waals surface area (Å²) >= 11 is 0. The zero-order valence-electron chi connectivity index (χ0n) is 11.2. The van der Waals surface area contributed by atoms with Crippen LogP contribution in [0.2, 0.25) is 0 Å². The van der Waals surface area contributed by atoms with Crippen LogP contribution in [-0.2, 0) is 11.3 Å². The maximum absolute atomic E-state index is 11.7. The molecular weight excluding hydrogens is 240 g/mol. The van der Waals surface area contributed by atoms with Crippen LogP contribution in [0.5, 0.6) is 0 Å². The molecule has 2 N–H and O–H groups in total. The molecule has 1 aliphatic carbocycles. The maximum Gasteiger partial charge on any atom is 0.138 e. The van der Waals surface area contributed by atoms with Gasteiger partial charge in [0.2, 0.25) is 0 Å². The number of aliphatic hydroxyl groups is 1. The highest BCUT2D eigenvalue weighted by atomic mass is 16.3. The molecule has 0 unspecified atom stereocenters. The van der Waals surface area contributed by atoms with Gasteiger partial charge in [0, 0.05) is 37.7 Å². The monoisotopic (exact) mass is 262 g/mol. The first-order valence-corrected chi connectivity index (χ1v) is 7.06. The molecule has 0 amide bonds. The summed E-state index contributed by atoms with van der Waals surface area (Å²) in [6.07, 6.45) is 6.08. The molecule has 0 aromatic carbocycles. The molecular formula is C15H22N2O2. The zero-order chi connectivity index (χ0) is 13.5. The molecule has 4 nitrogen and oxygen atoms in total. The fraction of sp³-hybridized carbons (Fsp3) is 0.600. The van der Waals surface area contributed by atoms with Crippen LogP contribution in [0.3, 0.4) is 0 Å². The van der Waals surface area contributed by atoms with Crippen molar-refractivity contribution in [3.63, 3.8) is 0 Å². The highest BCUT2D eigenvalue weighted by Crippen LogP contribution is 2.26. The topological polar surface area (TPSA) is 62.2 Å². The fourth-order valence-corrected chi connectivity index (χ4v) is 2.69. The molecule has 104 valence electrons. The van der Waals surface area contributed by atoms with Gasteiger partial charge < -0.3 is 10.4 Å². The van der Waals surface area contributed by atoms with E-state index in [1.807, 2.05) is 24.4 Å². The van der Waals surface area contributed by atoms with Gasteiger partial charge in [0.05, 0.1) is 5.69 Å². The molecule has 0 saturated heterocycles. The van der Waals surface area contributed by atoms with E-state index in [4.69, 9.17) is 5.11 Å². The molecule has 1 fully saturated rings. The number of aliphatic hydroxyl groups excluding tert-OH is 1. The third kappa shape index (κ3) is 4.40. The number of nitrogens with zero attached hydrogens (tertiary/aromatic N) is 1. The van der Waals surface area contributed by atoms with Crippen LogP contribution in [0.25, 0.3) is 0 Å². The van der Waals surface area contributed by atoms with Crippen molar-refractivity contribution in [3.8, 4) is 0 Å². The van der Waals surface area contributed by atoms with Gasteiger partial charge in [-0.05, 0) is 37.8 Å². The molecule has 1 heterocycles. The zero-order valence-corrected chi connectivity index (χ0v) is 11.2. The predicted octanol–water partition coefficient (Wildman–Crippen LogP) is 1.68. The Balaban J connectivity index is 1.70. The van der Waals surface area contributed by atoms with E-state index in [1.165, 1.54) is 0 Å². The minimum atomic E-state index is -0.0172. The van der Waals surface area contributed by atoms with Crippen molar-refractivity contribution in [1.82, 2.24) is 10.3 Å². The number of nitrogens with one attached hydrogen (secondary N) is 1. The fourth-order valence-electron chi connectivity index (χ4n) is 2.69. The highest BCUT2D eigenvalue weighted by Gasteiger charge is 2.25. The molecule has 1 aromatic rings. The molecule has 0 aliphatic heterocycles. The van der Waals surface area contributed by atoms with Gasteiger partial charge in [0.25, 0.3) is 0 Å². The number of hydrogen-bond acceptors (Lipinski definition) is 4. The summed E-state index contributed by atoms with van der Waals surface area (Å²) in [4.78, 5) is 16.0. The Morgan fingerprint density at radius 2 is 2.11 bits per heavy atom. The minimum Gasteiger partial charge on any atom is -0.396 e. The average Bonchev–Trinajstić information content (AvgIpc) is 2.47. The quantitative estimate of drug-likeness (QED) is 0.819. The Morgan fingerprint density at radius 3 is 2.74 bits per heavy atom. The first-order valence-electron chi connectivity index (χ1n) is 7.06. The summed E-state index contributed by atoms with van der Waals surface area (Å²) in [6, 6.07) is 6.42. The lowest BCUT2D eigenvalue weighted by atomic mass is 9.82. The second-order valence-electron chi connectivity index (χ2n) is 5.19. The predicted molar refractivity (Wildman–Crippen MR) is 73.5 cm³/mol. The molecule has 4 heteroatoms. The summed E-state index contributed by atoms with van der Waals surface area (Å²) in [5.41, 5.74) is 1.06. The molecule has 1 aliphatic rings. The van der Waals surface area contributed by atoms with Crippen molar-refractivity contribution in [2.45, 2.75) is 44.7 Å². The first kappa shape index (κ1) is 14.2. The number of ketones is 1. The second-order valence-corrected chi connectivity index (χ2v) is 5.19. The van der Waals surface area contributed by atoms with Crippen LogP contribution in [-0.4, -0.2) is 28.5 Å². The van der Waals surface area contributed by atoms with Crippen LogP contribution in [0.15, 0.2) is 24.4 Å². The van der Waals surface area contributed by atoms with Crippen molar-refractivity contribution in [2.24, 2.45) is 5.92 Å². The van der Waals surface area contributed by atoms with Crippen molar-refractivity contribution < 1.29 is 9.90 Å². The Hall–Kier alpha value is -1.26. The number of hydrogen-bond donors (Lipinski definition) is 2. The Bertz CT molecular complexity index is 386. The van der Waals surface area contributed by atoms with Gasteiger partial charge in [-0.1, -0.05) is 6.07 Å². The van der Waals surface area contributed by atoms with Gasteiger partial charge >= 0.3 is 0 Å². The van der Waals surface area contributed by atoms with Gasteiger partial charge in [-0.15, -0.1) is 0 Å². The standard InChI is InChI=1S/C15H22N2O2/c18-10-8-15(19)12-4-6-13(7-5-12)17-11-14-3-1-2-9-16-14/h1-3,9,12-13,17-18H,4-8,10-11H2. The van der Waals surface area contributed by atoms with Gasteiger partial charge in [-0.3, -0.25) is 9.78 Å². The largest absolute Gasteiger partial charge is 0.396 e. The van der Waals surface area contributed by atoms with Crippen LogP contribution in [0.1, 0.15) is 37.8 Å². The van der Waals surface area contributed by atoms with E-state index < -0.39 is 0 Å². The number of carbonyl (C=O) groups excluding carboxylic acids is 1. The summed E-state index contributed by atoms with van der Waals surface area (Å²) in [5, 5.41) is 12.3. The van der Waals surface area contributed by atoms with Crippen LogP contribution >= 0.6 is 0 Å². The van der Waals surface area contributed by atoms with Crippen LogP contribution in [0.4, 0.5) is 0 Å². The van der Waals surface area contributed by atoms with E-state index >= 15 is 0 Å². The van der Waals surface area contributed by atoms with Crippen LogP contribution < -0.4 is 5.32 Å². The van der Waals surface area contributed by atoms with Gasteiger partial charge in [-0.2, -0.15) is 0 Å². The lowest BCUT2D eigenvalue weighted by Gasteiger charge is -2.28. The first-order chi connectivity index (χ1) is 9.29. The molecule has 19 heavy (non-hydrogen) atoms.